The van der Waals surface area contributed by atoms with Crippen LogP contribution in [0.3, 0.4) is 0 Å². The van der Waals surface area contributed by atoms with Crippen molar-refractivity contribution in [3.8, 4) is 0 Å². The Kier molecular flexibility index (Phi) is 6.53. The topological polar surface area (TPSA) is 56.7 Å². The summed E-state index contributed by atoms with van der Waals surface area (Å²) in [4.78, 5) is 18.6. The molecule has 5 nitrogen and oxygen atoms in total. The molecular formula is C21H32N4O. The summed E-state index contributed by atoms with van der Waals surface area (Å²) in [7, 11) is 1.87. The summed E-state index contributed by atoms with van der Waals surface area (Å²) >= 11 is 0. The molecule has 2 aliphatic rings. The van der Waals surface area contributed by atoms with Crippen LogP contribution in [0.2, 0.25) is 0 Å². The third-order valence-electron chi connectivity index (χ3n) is 5.65. The predicted octanol–water partition coefficient (Wildman–Crippen LogP) is 3.62. The molecule has 1 amide bonds. The second kappa shape index (κ2) is 9.06. The highest BCUT2D eigenvalue weighted by Gasteiger charge is 2.35. The molecule has 2 fully saturated rings. The van der Waals surface area contributed by atoms with Crippen molar-refractivity contribution in [2.75, 3.05) is 25.5 Å². The van der Waals surface area contributed by atoms with Gasteiger partial charge in [0.25, 0.3) is 0 Å². The second-order valence-corrected chi connectivity index (χ2v) is 7.61. The van der Waals surface area contributed by atoms with Gasteiger partial charge in [-0.15, -0.1) is 0 Å². The van der Waals surface area contributed by atoms with E-state index in [1.165, 1.54) is 31.2 Å². The van der Waals surface area contributed by atoms with Gasteiger partial charge in [0.1, 0.15) is 0 Å². The monoisotopic (exact) mass is 356 g/mol. The highest BCUT2D eigenvalue weighted by atomic mass is 16.1. The Morgan fingerprint density at radius 1 is 1.15 bits per heavy atom. The van der Waals surface area contributed by atoms with E-state index >= 15 is 0 Å². The molecule has 1 aliphatic carbocycles. The lowest BCUT2D eigenvalue weighted by Gasteiger charge is -2.22. The van der Waals surface area contributed by atoms with E-state index in [0.717, 1.165) is 49.5 Å². The summed E-state index contributed by atoms with van der Waals surface area (Å²) in [6.07, 6.45) is 6.97. The molecular weight excluding hydrogens is 324 g/mol. The molecule has 0 bridgehead atoms. The molecule has 142 valence electrons. The van der Waals surface area contributed by atoms with Crippen molar-refractivity contribution >= 4 is 17.6 Å². The fourth-order valence-electron chi connectivity index (χ4n) is 4.25. The lowest BCUT2D eigenvalue weighted by Crippen LogP contribution is -2.39. The van der Waals surface area contributed by atoms with Gasteiger partial charge in [0.15, 0.2) is 5.96 Å². The molecule has 5 heteroatoms. The lowest BCUT2D eigenvalue weighted by molar-refractivity contribution is -0.116. The van der Waals surface area contributed by atoms with Gasteiger partial charge in [0.2, 0.25) is 5.91 Å². The Morgan fingerprint density at radius 3 is 2.38 bits per heavy atom. The minimum atomic E-state index is 0.0780. The number of carbonyl (C=O) groups is 1. The molecule has 1 aromatic carbocycles. The number of rotatable bonds is 5. The number of benzene rings is 1. The van der Waals surface area contributed by atoms with Crippen LogP contribution in [0.5, 0.6) is 0 Å². The average molecular weight is 357 g/mol. The van der Waals surface area contributed by atoms with Gasteiger partial charge in [0.05, 0.1) is 0 Å². The van der Waals surface area contributed by atoms with E-state index in [-0.39, 0.29) is 5.91 Å². The van der Waals surface area contributed by atoms with Crippen molar-refractivity contribution in [3.63, 3.8) is 0 Å². The predicted molar refractivity (Wildman–Crippen MR) is 107 cm³/mol. The number of carbonyl (C=O) groups excluding carboxylic acids is 1. The summed E-state index contributed by atoms with van der Waals surface area (Å²) in [5.41, 5.74) is 2.05. The smallest absolute Gasteiger partial charge is 0.224 e. The van der Waals surface area contributed by atoms with E-state index < -0.39 is 0 Å². The van der Waals surface area contributed by atoms with Crippen LogP contribution in [0.15, 0.2) is 29.3 Å². The Morgan fingerprint density at radius 2 is 1.81 bits per heavy atom. The number of anilines is 1. The van der Waals surface area contributed by atoms with E-state index in [2.05, 4.69) is 32.7 Å². The van der Waals surface area contributed by atoms with E-state index in [1.807, 2.05) is 26.1 Å². The fourth-order valence-corrected chi connectivity index (χ4v) is 4.25. The van der Waals surface area contributed by atoms with Crippen LogP contribution < -0.4 is 10.6 Å². The number of hydrogen-bond acceptors (Lipinski definition) is 2. The largest absolute Gasteiger partial charge is 0.352 e. The van der Waals surface area contributed by atoms with Gasteiger partial charge in [0, 0.05) is 38.8 Å². The molecule has 1 aliphatic heterocycles. The third-order valence-corrected chi connectivity index (χ3v) is 5.65. The fraction of sp³-hybridized carbons (Fsp3) is 0.619. The van der Waals surface area contributed by atoms with Crippen LogP contribution in [-0.2, 0) is 11.3 Å². The standard InChI is InChI=1S/C21H32N4O/c1-3-6-20(26)24-19-11-9-16(10-12-19)13-23-21(22-2)25-14-17-7-4-5-8-18(17)15-25/h9-12,17-18H,3-8,13-15H2,1-2H3,(H,22,23)(H,24,26). The maximum absolute atomic E-state index is 11.7. The average Bonchev–Trinajstić information content (AvgIpc) is 3.07. The number of fused-ring (bicyclic) bond motifs is 1. The quantitative estimate of drug-likeness (QED) is 0.626. The van der Waals surface area contributed by atoms with Crippen molar-refractivity contribution in [2.24, 2.45) is 16.8 Å². The summed E-state index contributed by atoms with van der Waals surface area (Å²) in [6, 6.07) is 8.06. The molecule has 1 heterocycles. The molecule has 2 N–H and O–H groups in total. The molecule has 26 heavy (non-hydrogen) atoms. The van der Waals surface area contributed by atoms with Crippen LogP contribution in [0.25, 0.3) is 0 Å². The number of aliphatic imine (C=N–C) groups is 1. The van der Waals surface area contributed by atoms with Gasteiger partial charge < -0.3 is 15.5 Å². The molecule has 0 aromatic heterocycles. The minimum absolute atomic E-state index is 0.0780. The summed E-state index contributed by atoms with van der Waals surface area (Å²) in [5.74, 6) is 2.80. The summed E-state index contributed by atoms with van der Waals surface area (Å²) in [5, 5.41) is 6.43. The molecule has 2 atom stereocenters. The first kappa shape index (κ1) is 18.7. The molecule has 0 spiro atoms. The van der Waals surface area contributed by atoms with Gasteiger partial charge in [-0.05, 0) is 48.8 Å². The zero-order valence-electron chi connectivity index (χ0n) is 16.1. The van der Waals surface area contributed by atoms with Crippen molar-refractivity contribution < 1.29 is 4.79 Å². The first-order valence-corrected chi connectivity index (χ1v) is 10.0. The zero-order valence-corrected chi connectivity index (χ0v) is 16.1. The van der Waals surface area contributed by atoms with Gasteiger partial charge in [-0.1, -0.05) is 31.9 Å². The first-order chi connectivity index (χ1) is 12.7. The van der Waals surface area contributed by atoms with Crippen LogP contribution in [-0.4, -0.2) is 36.9 Å². The number of nitrogens with zero attached hydrogens (tertiary/aromatic N) is 2. The van der Waals surface area contributed by atoms with Crippen molar-refractivity contribution in [1.82, 2.24) is 10.2 Å². The number of guanidine groups is 1. The highest BCUT2D eigenvalue weighted by molar-refractivity contribution is 5.90. The number of nitrogens with one attached hydrogen (secondary N) is 2. The maximum atomic E-state index is 11.7. The van der Waals surface area contributed by atoms with Crippen molar-refractivity contribution in [1.29, 1.82) is 0 Å². The first-order valence-electron chi connectivity index (χ1n) is 10.0. The van der Waals surface area contributed by atoms with Gasteiger partial charge in [-0.25, -0.2) is 0 Å². The molecule has 0 radical (unpaired) electrons. The lowest BCUT2D eigenvalue weighted by atomic mass is 9.82. The SMILES string of the molecule is CCCC(=O)Nc1ccc(CNC(=NC)N2CC3CCCCC3C2)cc1. The second-order valence-electron chi connectivity index (χ2n) is 7.61. The molecule has 2 unspecified atom stereocenters. The molecule has 1 saturated carbocycles. The number of amides is 1. The molecule has 3 rings (SSSR count). The van der Waals surface area contributed by atoms with E-state index in [9.17, 15) is 4.79 Å². The van der Waals surface area contributed by atoms with E-state index in [1.54, 1.807) is 0 Å². The van der Waals surface area contributed by atoms with Gasteiger partial charge >= 0.3 is 0 Å². The van der Waals surface area contributed by atoms with Crippen molar-refractivity contribution in [3.05, 3.63) is 29.8 Å². The Balaban J connectivity index is 1.50. The molecule has 1 saturated heterocycles. The Hall–Kier alpha value is -2.04. The van der Waals surface area contributed by atoms with E-state index in [4.69, 9.17) is 0 Å². The number of likely N-dealkylation sites (tertiary alicyclic amines) is 1. The van der Waals surface area contributed by atoms with E-state index in [0.29, 0.717) is 6.42 Å². The summed E-state index contributed by atoms with van der Waals surface area (Å²) in [6.45, 7) is 5.05. The molecule has 1 aromatic rings. The zero-order chi connectivity index (χ0) is 18.4. The van der Waals surface area contributed by atoms with Gasteiger partial charge in [-0.2, -0.15) is 0 Å². The van der Waals surface area contributed by atoms with Crippen molar-refractivity contribution in [2.45, 2.75) is 52.0 Å². The number of hydrogen-bond donors (Lipinski definition) is 2. The minimum Gasteiger partial charge on any atom is -0.352 e. The van der Waals surface area contributed by atoms with Gasteiger partial charge in [-0.3, -0.25) is 9.79 Å². The highest BCUT2D eigenvalue weighted by Crippen LogP contribution is 2.35. The Labute approximate surface area is 157 Å². The van der Waals surface area contributed by atoms with Crippen LogP contribution >= 0.6 is 0 Å². The Bertz CT molecular complexity index is 611. The third kappa shape index (κ3) is 4.77. The van der Waals surface area contributed by atoms with Crippen LogP contribution in [0.4, 0.5) is 5.69 Å². The normalized spacial score (nSPS) is 22.8. The maximum Gasteiger partial charge on any atom is 0.224 e. The van der Waals surface area contributed by atoms with Crippen LogP contribution in [0, 0.1) is 11.8 Å². The van der Waals surface area contributed by atoms with Crippen LogP contribution in [0.1, 0.15) is 51.0 Å². The summed E-state index contributed by atoms with van der Waals surface area (Å²) < 4.78 is 0.